The fraction of sp³-hybridized carbons (Fsp3) is 0.812. The standard InChI is InChI=1S/2C22H43N5O10Si.2C10H21NO6Si.Gd.2O2Si/c2*1-35-38(36-2,37-3)14-4-5-23-19(28)15-24-6-8-25(16-20(29)30)10-12-27(18-22(33)34)13-11-26(9-7-24)17-21(31)32;2*1-15-18(16-2,17-3)8-4-7-11-9(12)5-6-10(13)14;;2*1-3-2/h2*4-18H2,1-3H3,(H,23,28)(H,29,30)(H,31,32)(H,33,34);2*4-8H2,1-3H3,(H,11,12)(H,13,14);;;/q;;;;+3;;/p-6. The number of hydrogen-bond acceptors (Lipinski definition) is 42. The van der Waals surface area contributed by atoms with Crippen LogP contribution in [-0.2, 0) is 128 Å². The molecule has 0 saturated carbocycles. The fourth-order valence-corrected chi connectivity index (χ4v) is 17.9. The van der Waals surface area contributed by atoms with E-state index in [2.05, 4.69) is 21.3 Å². The Hall–Kier alpha value is -5.33. The Kier molecular flexibility index (Phi) is 77.2. The Morgan fingerprint density at radius 1 is 0.269 bits per heavy atom. The van der Waals surface area contributed by atoms with Gasteiger partial charge in [0, 0.05) is 292 Å². The van der Waals surface area contributed by atoms with Gasteiger partial charge in [0.1, 0.15) is 0 Å². The molecule has 0 aromatic carbocycles. The molecule has 4 amide bonds. The van der Waals surface area contributed by atoms with Crippen LogP contribution in [0.15, 0.2) is 0 Å². The van der Waals surface area contributed by atoms with Gasteiger partial charge in [0.2, 0.25) is 23.6 Å². The van der Waals surface area contributed by atoms with Crippen LogP contribution in [0.1, 0.15) is 51.4 Å². The van der Waals surface area contributed by atoms with Crippen molar-refractivity contribution in [3.05, 3.63) is 0 Å². The van der Waals surface area contributed by atoms with Gasteiger partial charge >= 0.3 is 106 Å². The monoisotopic (exact) mass is 1960 g/mol. The van der Waals surface area contributed by atoms with Crippen molar-refractivity contribution >= 4 is 125 Å². The zero-order valence-electron chi connectivity index (χ0n) is 70.0. The molecule has 0 bridgehead atoms. The number of aliphatic carboxylic acids is 8. The maximum absolute atomic E-state index is 12.6. The third-order valence-electron chi connectivity index (χ3n) is 17.5. The molecule has 0 aromatic rings. The van der Waals surface area contributed by atoms with Crippen molar-refractivity contribution in [2.75, 3.05) is 269 Å². The molecule has 2 rings (SSSR count). The van der Waals surface area contributed by atoms with Gasteiger partial charge in [-0.05, 0) is 25.7 Å². The molecule has 2 heterocycles. The summed E-state index contributed by atoms with van der Waals surface area (Å²) in [6.07, 6.45) is 2.15. The summed E-state index contributed by atoms with van der Waals surface area (Å²) in [7, 11) is 4.84. The van der Waals surface area contributed by atoms with Crippen LogP contribution in [0, 0.1) is 39.9 Å². The first-order valence-corrected chi connectivity index (χ1v) is 46.3. The molecule has 119 heavy (non-hydrogen) atoms. The summed E-state index contributed by atoms with van der Waals surface area (Å²) >= 11 is 0. The first-order chi connectivity index (χ1) is 55.8. The molecule has 689 valence electrons. The van der Waals surface area contributed by atoms with E-state index in [-0.39, 0.29) is 220 Å². The third-order valence-corrected chi connectivity index (χ3v) is 28.8. The third kappa shape index (κ3) is 65.9. The van der Waals surface area contributed by atoms with Gasteiger partial charge in [0.25, 0.3) is 0 Å². The molecule has 1 radical (unpaired) electrons. The van der Waals surface area contributed by atoms with Crippen LogP contribution in [0.25, 0.3) is 0 Å². The van der Waals surface area contributed by atoms with Gasteiger partial charge in [0.15, 0.2) is 0 Å². The number of amides is 4. The minimum Gasteiger partial charge on any atom is -0.549 e. The molecule has 48 nitrogen and oxygen atoms in total. The van der Waals surface area contributed by atoms with E-state index >= 15 is 0 Å². The maximum atomic E-state index is 12.6. The Morgan fingerprint density at radius 2 is 0.403 bits per heavy atom. The van der Waals surface area contributed by atoms with E-state index in [1.54, 1.807) is 29.4 Å². The Morgan fingerprint density at radius 3 is 0.529 bits per heavy atom. The number of nitrogens with zero attached hydrogens (tertiary/aromatic N) is 8. The average molecular weight is 1960 g/mol. The van der Waals surface area contributed by atoms with Crippen LogP contribution >= 0.6 is 0 Å². The summed E-state index contributed by atoms with van der Waals surface area (Å²) in [4.78, 5) is 149. The minimum atomic E-state index is -2.74. The van der Waals surface area contributed by atoms with Crippen LogP contribution in [0.5, 0.6) is 0 Å². The topological polar surface area (TPSA) is 637 Å². The smallest absolute Gasteiger partial charge is 0.549 e. The summed E-state index contributed by atoms with van der Waals surface area (Å²) in [5, 5.41) is 95.1. The second kappa shape index (κ2) is 75.2. The van der Waals surface area contributed by atoms with Crippen molar-refractivity contribution in [2.24, 2.45) is 0 Å². The molecule has 0 atom stereocenters. The van der Waals surface area contributed by atoms with Gasteiger partial charge in [-0.1, -0.05) is 0 Å². The van der Waals surface area contributed by atoms with Gasteiger partial charge < -0.3 is 144 Å². The van der Waals surface area contributed by atoms with Crippen molar-refractivity contribution in [3.8, 4) is 0 Å². The zero-order valence-corrected chi connectivity index (χ0v) is 78.3. The van der Waals surface area contributed by atoms with Crippen molar-refractivity contribution in [3.63, 3.8) is 0 Å². The number of carbonyl (C=O) groups is 12. The van der Waals surface area contributed by atoms with Crippen molar-refractivity contribution in [2.45, 2.75) is 75.5 Å². The van der Waals surface area contributed by atoms with E-state index in [1.165, 1.54) is 85.3 Å². The summed E-state index contributed by atoms with van der Waals surface area (Å²) in [6.45, 7) is 3.90. The molecular weight excluding hydrogens is 1840 g/mol. The van der Waals surface area contributed by atoms with E-state index in [0.717, 1.165) is 0 Å². The number of rotatable bonds is 50. The van der Waals surface area contributed by atoms with Crippen LogP contribution in [0.2, 0.25) is 24.2 Å². The van der Waals surface area contributed by atoms with Gasteiger partial charge in [-0.25, -0.2) is 0 Å². The summed E-state index contributed by atoms with van der Waals surface area (Å²) in [5.41, 5.74) is 0. The largest absolute Gasteiger partial charge is 3.00 e. The summed E-state index contributed by atoms with van der Waals surface area (Å²) in [5.74, 6) is -10.6. The number of carboxylic acid groups (broad SMARTS) is 8. The van der Waals surface area contributed by atoms with Gasteiger partial charge in [0.05, 0.1) is 61.7 Å². The zero-order chi connectivity index (χ0) is 90.6. The number of carbonyl (C=O) groups excluding carboxylic acids is 10. The Labute approximate surface area is 734 Å². The average Bonchev–Trinajstić information content (AvgIpc) is 0.909. The van der Waals surface area contributed by atoms with Crippen LogP contribution in [-0.4, -0.2) is 443 Å². The number of carboxylic acids is 8. The SMILES string of the molecule is CO[Si](CCCNC(=O)CCC(=O)O)(OC)OC.CO[Si](CCCNC(=O)CCC(=O)O)(OC)OC.CO[Si](CCCNC(=O)CN1CCN(CC(=O)[O-])CCN(CC(=O)[O-])CCN(CC(=O)[O-])CC1)(OC)OC.CO[Si](CCCNC(=O)CN1CCN(CC(=O)[O-])CCN(CC(=O)[O-])CCN(CC(=O)[O-])CC1)(OC)OC.O=[Si]=O.O=[Si]=O.[Gd+3]. The predicted octanol–water partition coefficient (Wildman–Crippen LogP) is -13.1. The number of nitrogens with one attached hydrogen (secondary N) is 4. The fourth-order valence-electron chi connectivity index (χ4n) is 11.0. The molecule has 0 spiro atoms. The second-order valence-corrected chi connectivity index (χ2v) is 38.1. The van der Waals surface area contributed by atoms with Gasteiger partial charge in [-0.3, -0.25) is 85.8 Å². The quantitative estimate of drug-likeness (QED) is 0.0243. The molecule has 0 aliphatic carbocycles. The normalized spacial score (nSPS) is 15.0. The summed E-state index contributed by atoms with van der Waals surface area (Å²) in [6, 6.07) is 2.23. The molecule has 2 aliphatic heterocycles. The first-order valence-electron chi connectivity index (χ1n) is 36.9. The molecular formula is C64H122GdN12O36Si6-3. The van der Waals surface area contributed by atoms with Gasteiger partial charge in [-0.15, -0.1) is 0 Å². The molecule has 0 aromatic heterocycles. The second-order valence-electron chi connectivity index (χ2n) is 25.4. The van der Waals surface area contributed by atoms with E-state index in [1.807, 2.05) is 9.80 Å². The summed E-state index contributed by atoms with van der Waals surface area (Å²) < 4.78 is 97.2. The van der Waals surface area contributed by atoms with Crippen molar-refractivity contribution in [1.29, 1.82) is 0 Å². The van der Waals surface area contributed by atoms with E-state index in [0.29, 0.717) is 102 Å². The van der Waals surface area contributed by atoms with Crippen LogP contribution in [0.3, 0.4) is 0 Å². The van der Waals surface area contributed by atoms with E-state index in [4.69, 9.17) is 81.2 Å². The Balaban J connectivity index is -0.000000498. The van der Waals surface area contributed by atoms with Crippen LogP contribution in [0.4, 0.5) is 0 Å². The van der Waals surface area contributed by atoms with E-state index in [9.17, 15) is 88.2 Å². The minimum absolute atomic E-state index is 0. The van der Waals surface area contributed by atoms with Crippen LogP contribution < -0.4 is 51.9 Å². The molecule has 0 unspecified atom stereocenters. The first kappa shape index (κ1) is 122. The molecule has 6 N–H and O–H groups in total. The Bertz CT molecular complexity index is 2660. The molecule has 2 saturated heterocycles. The maximum Gasteiger partial charge on any atom is 3.00 e. The predicted molar refractivity (Wildman–Crippen MR) is 406 cm³/mol. The van der Waals surface area contributed by atoms with Gasteiger partial charge in [-0.2, -0.15) is 0 Å². The number of hydrogen-bond donors (Lipinski definition) is 6. The van der Waals surface area contributed by atoms with Crippen molar-refractivity contribution < 1.29 is 209 Å². The van der Waals surface area contributed by atoms with Crippen molar-refractivity contribution in [1.82, 2.24) is 60.5 Å². The molecule has 2 fully saturated rings. The van der Waals surface area contributed by atoms with E-state index < -0.39 is 102 Å². The molecule has 55 heteroatoms. The molecule has 2 aliphatic rings.